The van der Waals surface area contributed by atoms with Crippen molar-refractivity contribution in [1.82, 2.24) is 0 Å². The van der Waals surface area contributed by atoms with E-state index in [9.17, 15) is 12.3 Å². The first-order chi connectivity index (χ1) is 35.0. The van der Waals surface area contributed by atoms with Crippen molar-refractivity contribution in [2.45, 2.75) is 0 Å². The third-order valence-corrected chi connectivity index (χ3v) is 7.76. The van der Waals surface area contributed by atoms with Crippen molar-refractivity contribution in [3.05, 3.63) is 169 Å². The van der Waals surface area contributed by atoms with Gasteiger partial charge in [-0.3, -0.25) is 0 Å². The maximum atomic E-state index is 10.2. The van der Waals surface area contributed by atoms with Crippen molar-refractivity contribution >= 4 is 65.0 Å². The summed E-state index contributed by atoms with van der Waals surface area (Å²) in [6, 6.07) is -26.4. The Morgan fingerprint density at radius 3 is 1.72 bits per heavy atom. The standard InChI is InChI=1S/C46H28O/c1-2-13-31(14-3-1)44-37-18-8-9-19-38(37)45(40-27-32(21-24-39(40)44)35-20-10-15-29-11-4-6-16-34(29)35)33-23-25-42-41(28-33)46-36-17-7-5-12-30(36)22-26-43(46)47-42/h1-28H/i1D,2D,3D,4D,5D,6D,7D,8D,9D,10D,11D,12D,13D,14D,15D,16D,17D,18D,19D,20D,21D,22D,23D,24D,25D,26D,27D,28D. The molecule has 0 spiro atoms. The summed E-state index contributed by atoms with van der Waals surface area (Å²) in [6.45, 7) is 0. The molecule has 0 aliphatic rings. The molecule has 0 N–H and O–H groups in total. The summed E-state index contributed by atoms with van der Waals surface area (Å²) in [7, 11) is 0. The van der Waals surface area contributed by atoms with Gasteiger partial charge in [-0.2, -0.15) is 0 Å². The molecule has 1 heterocycles. The monoisotopic (exact) mass is 624 g/mol. The van der Waals surface area contributed by atoms with Gasteiger partial charge in [-0.15, -0.1) is 0 Å². The maximum absolute atomic E-state index is 10.2. The first-order valence-corrected chi connectivity index (χ1v) is 13.9. The van der Waals surface area contributed by atoms with Crippen molar-refractivity contribution in [3.63, 3.8) is 0 Å². The molecule has 10 rings (SSSR count). The van der Waals surface area contributed by atoms with Crippen LogP contribution in [0.4, 0.5) is 0 Å². The molecule has 0 unspecified atom stereocenters. The lowest BCUT2D eigenvalue weighted by molar-refractivity contribution is 0.669. The van der Waals surface area contributed by atoms with E-state index in [1.54, 1.807) is 0 Å². The van der Waals surface area contributed by atoms with Gasteiger partial charge in [0.2, 0.25) is 0 Å². The minimum absolute atomic E-state index is 0.446. The molecule has 0 saturated carbocycles. The van der Waals surface area contributed by atoms with E-state index < -0.39 is 268 Å². The van der Waals surface area contributed by atoms with Crippen LogP contribution in [0.1, 0.15) is 38.4 Å². The van der Waals surface area contributed by atoms with E-state index in [4.69, 9.17) is 30.5 Å². The van der Waals surface area contributed by atoms with E-state index in [1.807, 2.05) is 0 Å². The summed E-state index contributed by atoms with van der Waals surface area (Å²) in [5.41, 5.74) is -6.18. The Hall–Kier alpha value is -6.18. The van der Waals surface area contributed by atoms with Crippen LogP contribution >= 0.6 is 0 Å². The summed E-state index contributed by atoms with van der Waals surface area (Å²) in [4.78, 5) is 0. The van der Waals surface area contributed by atoms with E-state index in [0.717, 1.165) is 0 Å². The fraction of sp³-hybridized carbons (Fsp3) is 0. The van der Waals surface area contributed by atoms with Crippen LogP contribution in [0.3, 0.4) is 0 Å². The third kappa shape index (κ3) is 3.97. The van der Waals surface area contributed by atoms with Gasteiger partial charge in [0.05, 0.1) is 38.4 Å². The second kappa shape index (κ2) is 10.2. The molecule has 0 bridgehead atoms. The fourth-order valence-electron chi connectivity index (χ4n) is 5.80. The summed E-state index contributed by atoms with van der Waals surface area (Å²) < 4.78 is 259. The van der Waals surface area contributed by atoms with Crippen molar-refractivity contribution in [2.24, 2.45) is 0 Å². The van der Waals surface area contributed by atoms with Crippen LogP contribution in [0.5, 0.6) is 0 Å². The minimum atomic E-state index is -1.11. The molecule has 218 valence electrons. The summed E-state index contributed by atoms with van der Waals surface area (Å²) in [6.07, 6.45) is 0. The van der Waals surface area contributed by atoms with Crippen molar-refractivity contribution < 1.29 is 42.8 Å². The quantitative estimate of drug-likeness (QED) is 0.178. The highest BCUT2D eigenvalue weighted by Gasteiger charge is 2.19. The lowest BCUT2D eigenvalue weighted by Crippen LogP contribution is -1.92. The summed E-state index contributed by atoms with van der Waals surface area (Å²) >= 11 is 0. The Morgan fingerprint density at radius 2 is 0.915 bits per heavy atom. The van der Waals surface area contributed by atoms with Gasteiger partial charge in [0, 0.05) is 10.8 Å². The smallest absolute Gasteiger partial charge is 0.136 e. The molecule has 0 saturated heterocycles. The van der Waals surface area contributed by atoms with Crippen LogP contribution in [0.25, 0.3) is 98.4 Å². The van der Waals surface area contributed by atoms with Gasteiger partial charge in [0.15, 0.2) is 0 Å². The van der Waals surface area contributed by atoms with Gasteiger partial charge >= 0.3 is 0 Å². The zero-order valence-electron chi connectivity index (χ0n) is 51.4. The normalized spacial score (nSPS) is 20.2. The number of furan rings is 1. The first-order valence-electron chi connectivity index (χ1n) is 27.9. The second-order valence-corrected chi connectivity index (χ2v) is 10.3. The highest BCUT2D eigenvalue weighted by molar-refractivity contribution is 6.24. The van der Waals surface area contributed by atoms with E-state index in [-0.39, 0.29) is 0 Å². The third-order valence-electron chi connectivity index (χ3n) is 7.76. The number of benzene rings is 9. The van der Waals surface area contributed by atoms with E-state index in [0.29, 0.717) is 0 Å². The van der Waals surface area contributed by atoms with Crippen molar-refractivity contribution in [3.8, 4) is 33.4 Å². The maximum Gasteiger partial charge on any atom is 0.136 e. The zero-order valence-corrected chi connectivity index (χ0v) is 23.4. The fourth-order valence-corrected chi connectivity index (χ4v) is 5.80. The summed E-state index contributed by atoms with van der Waals surface area (Å²) in [5, 5.41) is -6.52. The van der Waals surface area contributed by atoms with Gasteiger partial charge in [-0.05, 0) is 101 Å². The Labute approximate surface area is 311 Å². The topological polar surface area (TPSA) is 13.1 Å². The van der Waals surface area contributed by atoms with Crippen molar-refractivity contribution in [2.75, 3.05) is 0 Å². The molecular formula is C46H28O. The second-order valence-electron chi connectivity index (χ2n) is 10.3. The molecule has 1 nitrogen and oxygen atoms in total. The molecule has 47 heavy (non-hydrogen) atoms. The number of fused-ring (bicyclic) bond motifs is 8. The largest absolute Gasteiger partial charge is 0.456 e. The lowest BCUT2D eigenvalue weighted by atomic mass is 9.84. The first kappa shape index (κ1) is 10.7. The van der Waals surface area contributed by atoms with Gasteiger partial charge in [0.1, 0.15) is 11.2 Å². The van der Waals surface area contributed by atoms with Gasteiger partial charge < -0.3 is 4.42 Å². The molecule has 1 heteroatoms. The average molecular weight is 625 g/mol. The van der Waals surface area contributed by atoms with Gasteiger partial charge in [0.25, 0.3) is 0 Å². The Kier molecular flexibility index (Phi) is 2.31. The number of hydrogen-bond acceptors (Lipinski definition) is 1. The molecule has 10 aromatic rings. The van der Waals surface area contributed by atoms with Gasteiger partial charge in [-0.1, -0.05) is 145 Å². The van der Waals surface area contributed by atoms with E-state index >= 15 is 0 Å². The van der Waals surface area contributed by atoms with Crippen LogP contribution in [0, 0.1) is 0 Å². The molecule has 0 fully saturated rings. The van der Waals surface area contributed by atoms with Gasteiger partial charge in [-0.25, -0.2) is 0 Å². The van der Waals surface area contributed by atoms with Crippen molar-refractivity contribution in [1.29, 1.82) is 0 Å². The molecule has 0 amide bonds. The Balaban J connectivity index is 1.60. The minimum Gasteiger partial charge on any atom is -0.456 e. The molecule has 9 aromatic carbocycles. The Morgan fingerprint density at radius 1 is 0.340 bits per heavy atom. The van der Waals surface area contributed by atoms with Crippen LogP contribution < -0.4 is 0 Å². The highest BCUT2D eigenvalue weighted by Crippen LogP contribution is 2.46. The van der Waals surface area contributed by atoms with E-state index in [2.05, 4.69) is 0 Å². The van der Waals surface area contributed by atoms with Crippen LogP contribution in [0.2, 0.25) is 0 Å². The average Bonchev–Trinajstić information content (AvgIpc) is 3.79. The van der Waals surface area contributed by atoms with Crippen LogP contribution in [-0.2, 0) is 0 Å². The van der Waals surface area contributed by atoms with Crippen LogP contribution in [0.15, 0.2) is 174 Å². The lowest BCUT2D eigenvalue weighted by Gasteiger charge is -2.19. The Bertz CT molecular complexity index is 4410. The highest BCUT2D eigenvalue weighted by atomic mass is 16.3. The predicted molar refractivity (Wildman–Crippen MR) is 200 cm³/mol. The summed E-state index contributed by atoms with van der Waals surface area (Å²) in [5.74, 6) is 0. The number of hydrogen-bond donors (Lipinski definition) is 0. The molecule has 0 radical (unpaired) electrons. The molecule has 0 atom stereocenters. The molecule has 1 aromatic heterocycles. The molecule has 0 aliphatic heterocycles. The SMILES string of the molecule is [2H]c1c([2H])c([2H])c(-c2c3c([2H])c([2H])c([2H])c([2H])c3c(-c3c([2H])c([2H])c4oc5c([2H])c([2H])c6c([2H])c([2H])c([2H])c([2H])c6c5c4c3[2H])c3c([2H])c(-c4c([2H])c([2H])c([2H])c5c([2H])c([2H])c([2H])c([2H])c45)c([2H])c([2H])c23)c([2H])c1[2H]. The van der Waals surface area contributed by atoms with E-state index in [1.165, 1.54) is 0 Å². The number of rotatable bonds is 3. The predicted octanol–water partition coefficient (Wildman–Crippen LogP) is 13.2. The molecule has 0 aliphatic carbocycles. The van der Waals surface area contributed by atoms with Crippen LogP contribution in [-0.4, -0.2) is 0 Å². The molecular weight excluding hydrogens is 569 g/mol. The zero-order chi connectivity index (χ0) is 55.3.